The summed E-state index contributed by atoms with van der Waals surface area (Å²) in [4.78, 5) is 19.9. The minimum atomic E-state index is -0.459. The van der Waals surface area contributed by atoms with Gasteiger partial charge in [-0.25, -0.2) is 9.67 Å². The fourth-order valence-electron chi connectivity index (χ4n) is 5.49. The standard InChI is InChI=1S/C27H28N6O/c1-32-14-12-20(16-32)23-11-13-29-27-24(26(28)34)25(31-33(23)27)19-8-7-18-9-10-21(30-22(18)15-19)17-5-3-2-4-6-17/h2-10,15,20,23,29H,11-14,16H2,1H3,(H2,28,34). The second-order valence-corrected chi connectivity index (χ2v) is 9.44. The van der Waals surface area contributed by atoms with E-state index in [0.717, 1.165) is 66.0 Å². The Bertz CT molecular complexity index is 1380. The summed E-state index contributed by atoms with van der Waals surface area (Å²) in [6.07, 6.45) is 2.13. The number of pyridine rings is 1. The maximum absolute atomic E-state index is 12.6. The Morgan fingerprint density at radius 1 is 1.06 bits per heavy atom. The van der Waals surface area contributed by atoms with E-state index in [2.05, 4.69) is 35.5 Å². The van der Waals surface area contributed by atoms with E-state index in [-0.39, 0.29) is 6.04 Å². The van der Waals surface area contributed by atoms with Crippen molar-refractivity contribution >= 4 is 22.6 Å². The molecule has 0 spiro atoms. The fraction of sp³-hybridized carbons (Fsp3) is 0.296. The molecule has 4 aromatic rings. The van der Waals surface area contributed by atoms with Crippen molar-refractivity contribution in [1.82, 2.24) is 19.7 Å². The SMILES string of the molecule is CN1CCC(C2CCNc3c(C(N)=O)c(-c4ccc5ccc(-c6ccccc6)nc5c4)nn32)C1. The zero-order chi connectivity index (χ0) is 23.2. The van der Waals surface area contributed by atoms with Crippen LogP contribution in [0.4, 0.5) is 5.82 Å². The van der Waals surface area contributed by atoms with Crippen LogP contribution in [0.1, 0.15) is 29.2 Å². The summed E-state index contributed by atoms with van der Waals surface area (Å²) in [5, 5.41) is 9.43. The van der Waals surface area contributed by atoms with Crippen LogP contribution < -0.4 is 11.1 Å². The number of benzene rings is 2. The lowest BCUT2D eigenvalue weighted by Crippen LogP contribution is -2.31. The number of carbonyl (C=O) groups is 1. The molecule has 172 valence electrons. The molecule has 2 atom stereocenters. The summed E-state index contributed by atoms with van der Waals surface area (Å²) in [6, 6.07) is 20.6. The van der Waals surface area contributed by atoms with Crippen molar-refractivity contribution in [2.45, 2.75) is 18.9 Å². The van der Waals surface area contributed by atoms with Crippen LogP contribution in [0.25, 0.3) is 33.4 Å². The van der Waals surface area contributed by atoms with E-state index in [1.165, 1.54) is 0 Å². The highest BCUT2D eigenvalue weighted by Gasteiger charge is 2.36. The first-order valence-electron chi connectivity index (χ1n) is 11.9. The van der Waals surface area contributed by atoms with E-state index in [0.29, 0.717) is 17.2 Å². The van der Waals surface area contributed by atoms with Crippen molar-refractivity contribution < 1.29 is 4.79 Å². The molecule has 1 saturated heterocycles. The number of hydrogen-bond donors (Lipinski definition) is 2. The maximum atomic E-state index is 12.6. The summed E-state index contributed by atoms with van der Waals surface area (Å²) in [7, 11) is 2.16. The second kappa shape index (κ2) is 8.25. The third-order valence-electron chi connectivity index (χ3n) is 7.21. The molecule has 0 radical (unpaired) electrons. The lowest BCUT2D eigenvalue weighted by atomic mass is 9.95. The third kappa shape index (κ3) is 3.53. The quantitative estimate of drug-likeness (QED) is 0.485. The van der Waals surface area contributed by atoms with Gasteiger partial charge in [0, 0.05) is 29.6 Å². The molecule has 7 nitrogen and oxygen atoms in total. The number of nitrogens with two attached hydrogens (primary N) is 1. The predicted molar refractivity (Wildman–Crippen MR) is 135 cm³/mol. The van der Waals surface area contributed by atoms with Crippen LogP contribution in [0, 0.1) is 5.92 Å². The largest absolute Gasteiger partial charge is 0.370 e. The van der Waals surface area contributed by atoms with Gasteiger partial charge in [0.05, 0.1) is 17.3 Å². The van der Waals surface area contributed by atoms with Crippen molar-refractivity contribution in [2.75, 3.05) is 32.0 Å². The Balaban J connectivity index is 1.45. The minimum absolute atomic E-state index is 0.260. The topological polar surface area (TPSA) is 89.1 Å². The molecule has 0 bridgehead atoms. The molecule has 34 heavy (non-hydrogen) atoms. The van der Waals surface area contributed by atoms with Gasteiger partial charge in [-0.05, 0) is 44.5 Å². The van der Waals surface area contributed by atoms with E-state index in [9.17, 15) is 4.79 Å². The van der Waals surface area contributed by atoms with Gasteiger partial charge in [0.25, 0.3) is 5.91 Å². The molecular formula is C27H28N6O. The summed E-state index contributed by atoms with van der Waals surface area (Å²) < 4.78 is 2.03. The van der Waals surface area contributed by atoms with Crippen molar-refractivity contribution in [3.8, 4) is 22.5 Å². The minimum Gasteiger partial charge on any atom is -0.370 e. The van der Waals surface area contributed by atoms with E-state index in [1.807, 2.05) is 47.1 Å². The number of carbonyl (C=O) groups excluding carboxylic acids is 1. The van der Waals surface area contributed by atoms with Crippen LogP contribution >= 0.6 is 0 Å². The number of fused-ring (bicyclic) bond motifs is 2. The number of rotatable bonds is 4. The lowest BCUT2D eigenvalue weighted by molar-refractivity contribution is 0.100. The van der Waals surface area contributed by atoms with E-state index in [4.69, 9.17) is 15.8 Å². The summed E-state index contributed by atoms with van der Waals surface area (Å²) in [6.45, 7) is 2.96. The Labute approximate surface area is 198 Å². The molecule has 1 fully saturated rings. The van der Waals surface area contributed by atoms with Crippen LogP contribution in [0.5, 0.6) is 0 Å². The first-order chi connectivity index (χ1) is 16.6. The van der Waals surface area contributed by atoms with Gasteiger partial charge in [-0.15, -0.1) is 0 Å². The van der Waals surface area contributed by atoms with Crippen LogP contribution in [-0.2, 0) is 0 Å². The molecule has 2 aromatic carbocycles. The molecule has 7 heteroatoms. The fourth-order valence-corrected chi connectivity index (χ4v) is 5.49. The van der Waals surface area contributed by atoms with E-state index >= 15 is 0 Å². The highest BCUT2D eigenvalue weighted by Crippen LogP contribution is 2.39. The predicted octanol–water partition coefficient (Wildman–Crippen LogP) is 4.17. The van der Waals surface area contributed by atoms with Crippen LogP contribution in [0.15, 0.2) is 60.7 Å². The van der Waals surface area contributed by atoms with Crippen LogP contribution in [-0.4, -0.2) is 52.3 Å². The smallest absolute Gasteiger partial charge is 0.254 e. The average molecular weight is 453 g/mol. The van der Waals surface area contributed by atoms with Gasteiger partial charge in [-0.3, -0.25) is 4.79 Å². The first kappa shape index (κ1) is 20.9. The second-order valence-electron chi connectivity index (χ2n) is 9.44. The van der Waals surface area contributed by atoms with Gasteiger partial charge >= 0.3 is 0 Å². The van der Waals surface area contributed by atoms with Crippen molar-refractivity contribution in [2.24, 2.45) is 11.7 Å². The Morgan fingerprint density at radius 2 is 1.88 bits per heavy atom. The summed E-state index contributed by atoms with van der Waals surface area (Å²) in [5.74, 6) is 0.810. The highest BCUT2D eigenvalue weighted by molar-refractivity contribution is 6.04. The van der Waals surface area contributed by atoms with Gasteiger partial charge in [0.1, 0.15) is 17.1 Å². The lowest BCUT2D eigenvalue weighted by Gasteiger charge is -2.30. The van der Waals surface area contributed by atoms with Crippen molar-refractivity contribution in [3.05, 3.63) is 66.2 Å². The zero-order valence-corrected chi connectivity index (χ0v) is 19.2. The number of nitrogens with zero attached hydrogens (tertiary/aromatic N) is 4. The molecule has 0 aliphatic carbocycles. The normalized spacial score (nSPS) is 20.3. The number of aromatic nitrogens is 3. The number of likely N-dealkylation sites (tertiary alicyclic amines) is 1. The molecule has 2 unspecified atom stereocenters. The van der Waals surface area contributed by atoms with Gasteiger partial charge in [0.15, 0.2) is 0 Å². The number of hydrogen-bond acceptors (Lipinski definition) is 5. The first-order valence-corrected chi connectivity index (χ1v) is 11.9. The van der Waals surface area contributed by atoms with E-state index < -0.39 is 5.91 Å². The summed E-state index contributed by atoms with van der Waals surface area (Å²) >= 11 is 0. The monoisotopic (exact) mass is 452 g/mol. The molecule has 0 saturated carbocycles. The van der Waals surface area contributed by atoms with E-state index in [1.54, 1.807) is 0 Å². The molecule has 2 aromatic heterocycles. The van der Waals surface area contributed by atoms with Crippen molar-refractivity contribution in [1.29, 1.82) is 0 Å². The van der Waals surface area contributed by atoms with Gasteiger partial charge < -0.3 is 16.0 Å². The highest BCUT2D eigenvalue weighted by atomic mass is 16.1. The Morgan fingerprint density at radius 3 is 2.65 bits per heavy atom. The average Bonchev–Trinajstić information content (AvgIpc) is 3.47. The number of primary amides is 1. The molecular weight excluding hydrogens is 424 g/mol. The van der Waals surface area contributed by atoms with Crippen LogP contribution in [0.2, 0.25) is 0 Å². The van der Waals surface area contributed by atoms with Gasteiger partial charge in [-0.2, -0.15) is 5.10 Å². The number of amides is 1. The van der Waals surface area contributed by atoms with Gasteiger partial charge in [-0.1, -0.05) is 48.5 Å². The number of anilines is 1. The zero-order valence-electron chi connectivity index (χ0n) is 19.2. The summed E-state index contributed by atoms with van der Waals surface area (Å²) in [5.41, 5.74) is 10.7. The molecule has 1 amide bonds. The molecule has 2 aliphatic heterocycles. The number of nitrogens with one attached hydrogen (secondary N) is 1. The Kier molecular flexibility index (Phi) is 5.07. The van der Waals surface area contributed by atoms with Crippen molar-refractivity contribution in [3.63, 3.8) is 0 Å². The molecule has 2 aliphatic rings. The van der Waals surface area contributed by atoms with Crippen LogP contribution in [0.3, 0.4) is 0 Å². The maximum Gasteiger partial charge on any atom is 0.254 e. The van der Waals surface area contributed by atoms with Gasteiger partial charge in [0.2, 0.25) is 0 Å². The molecule has 6 rings (SSSR count). The third-order valence-corrected chi connectivity index (χ3v) is 7.21. The molecule has 4 heterocycles. The Hall–Kier alpha value is -3.71. The molecule has 3 N–H and O–H groups in total.